The van der Waals surface area contributed by atoms with E-state index in [0.717, 1.165) is 4.90 Å². The molecule has 1 heterocycles. The Kier molecular flexibility index (Phi) is 4.68. The first-order valence-corrected chi connectivity index (χ1v) is 8.79. The highest BCUT2D eigenvalue weighted by Gasteiger charge is 2.37. The lowest BCUT2D eigenvalue weighted by atomic mass is 9.93. The van der Waals surface area contributed by atoms with Crippen LogP contribution in [0.5, 0.6) is 0 Å². The molecular weight excluding hydrogens is 334 g/mol. The smallest absolute Gasteiger partial charge is 0.330 e. The zero-order chi connectivity index (χ0) is 18.0. The number of rotatable bonds is 4. The van der Waals surface area contributed by atoms with Crippen molar-refractivity contribution in [1.82, 2.24) is 5.32 Å². The number of fused-ring (bicyclic) bond motifs is 1. The monoisotopic (exact) mass is 353 g/mol. The van der Waals surface area contributed by atoms with E-state index in [0.29, 0.717) is 16.7 Å². The highest BCUT2D eigenvalue weighted by atomic mass is 32.2. The summed E-state index contributed by atoms with van der Waals surface area (Å²) < 4.78 is -0.446. The van der Waals surface area contributed by atoms with Gasteiger partial charge in [-0.15, -0.1) is 11.8 Å². The van der Waals surface area contributed by atoms with Gasteiger partial charge in [0.15, 0.2) is 5.78 Å². The van der Waals surface area contributed by atoms with E-state index in [2.05, 4.69) is 5.32 Å². The van der Waals surface area contributed by atoms with Gasteiger partial charge in [0, 0.05) is 27.0 Å². The van der Waals surface area contributed by atoms with Crippen LogP contribution in [0.15, 0.2) is 71.3 Å². The molecule has 0 fully saturated rings. The summed E-state index contributed by atoms with van der Waals surface area (Å²) in [5.41, 5.74) is 1.87. The molecule has 5 heteroatoms. The summed E-state index contributed by atoms with van der Waals surface area (Å²) in [7, 11) is 0. The van der Waals surface area contributed by atoms with Gasteiger partial charge in [0.2, 0.25) is 0 Å². The Morgan fingerprint density at radius 3 is 2.44 bits per heavy atom. The van der Waals surface area contributed by atoms with Gasteiger partial charge in [-0.25, -0.2) is 4.79 Å². The number of thioether (sulfide) groups is 1. The predicted octanol–water partition coefficient (Wildman–Crippen LogP) is 4.05. The number of hydrogen-bond acceptors (Lipinski definition) is 4. The topological polar surface area (TPSA) is 66.4 Å². The van der Waals surface area contributed by atoms with Gasteiger partial charge in [-0.3, -0.25) is 4.79 Å². The van der Waals surface area contributed by atoms with Crippen molar-refractivity contribution in [3.63, 3.8) is 0 Å². The molecule has 2 aromatic rings. The minimum Gasteiger partial charge on any atom is -0.479 e. The number of carboxylic acids is 1. The Morgan fingerprint density at radius 2 is 1.76 bits per heavy atom. The lowest BCUT2D eigenvalue weighted by Crippen LogP contribution is -2.32. The number of hydrogen-bond donors (Lipinski definition) is 2. The Bertz CT molecular complexity index is 843. The average molecular weight is 353 g/mol. The van der Waals surface area contributed by atoms with E-state index in [9.17, 15) is 14.7 Å². The highest BCUT2D eigenvalue weighted by molar-refractivity contribution is 8.01. The Morgan fingerprint density at radius 1 is 1.12 bits per heavy atom. The first-order chi connectivity index (χ1) is 11.9. The molecule has 0 aromatic heterocycles. The van der Waals surface area contributed by atoms with Gasteiger partial charge in [-0.05, 0) is 31.5 Å². The van der Waals surface area contributed by atoms with Gasteiger partial charge in [-0.2, -0.15) is 0 Å². The van der Waals surface area contributed by atoms with E-state index < -0.39 is 16.8 Å². The first-order valence-electron chi connectivity index (χ1n) is 7.97. The number of carboxylic acid groups (broad SMARTS) is 1. The van der Waals surface area contributed by atoms with Crippen molar-refractivity contribution >= 4 is 23.5 Å². The molecule has 0 amide bonds. The fourth-order valence-electron chi connectivity index (χ4n) is 2.85. The van der Waals surface area contributed by atoms with Crippen LogP contribution in [0.25, 0.3) is 0 Å². The molecule has 0 saturated heterocycles. The number of benzene rings is 2. The molecule has 1 unspecified atom stereocenters. The van der Waals surface area contributed by atoms with Gasteiger partial charge in [0.1, 0.15) is 6.04 Å². The van der Waals surface area contributed by atoms with Gasteiger partial charge in [-0.1, -0.05) is 42.5 Å². The van der Waals surface area contributed by atoms with E-state index in [-0.39, 0.29) is 5.78 Å². The van der Waals surface area contributed by atoms with Crippen LogP contribution in [-0.2, 0) is 4.79 Å². The second kappa shape index (κ2) is 6.76. The van der Waals surface area contributed by atoms with E-state index in [4.69, 9.17) is 0 Å². The standard InChI is InChI=1S/C20H19NO3S/c1-20(2)15(18(22)14-10-6-7-11-16(14)25-20)12-21-17(19(23)24)13-8-4-3-5-9-13/h3-12,17,21H,1-2H3,(H,23,24)/b15-12+. The van der Waals surface area contributed by atoms with Crippen molar-refractivity contribution in [2.24, 2.45) is 0 Å². The third-order valence-corrected chi connectivity index (χ3v) is 5.47. The number of ketones is 1. The summed E-state index contributed by atoms with van der Waals surface area (Å²) in [6.07, 6.45) is 1.57. The number of aliphatic carboxylic acids is 1. The van der Waals surface area contributed by atoms with Crippen molar-refractivity contribution in [3.8, 4) is 0 Å². The van der Waals surface area contributed by atoms with Crippen molar-refractivity contribution in [2.45, 2.75) is 29.5 Å². The number of Topliss-reactive ketones (excluding diaryl/α,β-unsaturated/α-hetero) is 1. The van der Waals surface area contributed by atoms with Gasteiger partial charge in [0.25, 0.3) is 0 Å². The van der Waals surface area contributed by atoms with Crippen LogP contribution in [0, 0.1) is 0 Å². The second-order valence-corrected chi connectivity index (χ2v) is 8.01. The molecule has 0 spiro atoms. The minimum atomic E-state index is -0.989. The maximum Gasteiger partial charge on any atom is 0.330 e. The molecule has 1 aliphatic rings. The summed E-state index contributed by atoms with van der Waals surface area (Å²) in [5.74, 6) is -1.05. The van der Waals surface area contributed by atoms with Crippen LogP contribution in [0.1, 0.15) is 35.8 Å². The van der Waals surface area contributed by atoms with Crippen LogP contribution >= 0.6 is 11.8 Å². The molecule has 0 saturated carbocycles. The number of carbonyl (C=O) groups is 2. The normalized spacial score (nSPS) is 18.5. The minimum absolute atomic E-state index is 0.0657. The summed E-state index contributed by atoms with van der Waals surface area (Å²) in [6.45, 7) is 3.94. The summed E-state index contributed by atoms with van der Waals surface area (Å²) in [6, 6.07) is 15.5. The van der Waals surface area contributed by atoms with Gasteiger partial charge < -0.3 is 10.4 Å². The van der Waals surface area contributed by atoms with Crippen molar-refractivity contribution in [3.05, 3.63) is 77.5 Å². The maximum atomic E-state index is 12.9. The summed E-state index contributed by atoms with van der Waals surface area (Å²) >= 11 is 1.61. The first kappa shape index (κ1) is 17.3. The molecule has 1 aliphatic heterocycles. The Hall–Kier alpha value is -2.53. The third-order valence-electron chi connectivity index (χ3n) is 4.16. The van der Waals surface area contributed by atoms with E-state index in [1.165, 1.54) is 0 Å². The largest absolute Gasteiger partial charge is 0.479 e. The van der Waals surface area contributed by atoms with E-state index in [1.807, 2.05) is 38.1 Å². The van der Waals surface area contributed by atoms with Crippen LogP contribution in [0.3, 0.4) is 0 Å². The predicted molar refractivity (Wildman–Crippen MR) is 98.7 cm³/mol. The Labute approximate surface area is 151 Å². The van der Waals surface area contributed by atoms with Gasteiger partial charge in [0.05, 0.1) is 0 Å². The highest BCUT2D eigenvalue weighted by Crippen LogP contribution is 2.45. The molecular formula is C20H19NO3S. The van der Waals surface area contributed by atoms with E-state index >= 15 is 0 Å². The molecule has 1 atom stereocenters. The fraction of sp³-hybridized carbons (Fsp3) is 0.200. The molecule has 2 aromatic carbocycles. The zero-order valence-electron chi connectivity index (χ0n) is 14.0. The molecule has 0 bridgehead atoms. The lowest BCUT2D eigenvalue weighted by molar-refractivity contribution is -0.139. The van der Waals surface area contributed by atoms with Crippen molar-refractivity contribution < 1.29 is 14.7 Å². The zero-order valence-corrected chi connectivity index (χ0v) is 14.8. The van der Waals surface area contributed by atoms with Crippen LogP contribution in [0.4, 0.5) is 0 Å². The van der Waals surface area contributed by atoms with Crippen LogP contribution in [0.2, 0.25) is 0 Å². The molecule has 4 nitrogen and oxygen atoms in total. The third kappa shape index (κ3) is 3.46. The fourth-order valence-corrected chi connectivity index (χ4v) is 4.08. The van der Waals surface area contributed by atoms with Crippen LogP contribution in [-0.4, -0.2) is 21.6 Å². The summed E-state index contributed by atoms with van der Waals surface area (Å²) in [4.78, 5) is 25.5. The molecule has 0 radical (unpaired) electrons. The van der Waals surface area contributed by atoms with Crippen LogP contribution < -0.4 is 5.32 Å². The molecule has 128 valence electrons. The van der Waals surface area contributed by atoms with Gasteiger partial charge >= 0.3 is 5.97 Å². The summed E-state index contributed by atoms with van der Waals surface area (Å²) in [5, 5.41) is 12.5. The SMILES string of the molecule is CC1(C)Sc2ccccc2C(=O)/C1=C\NC(C(=O)O)c1ccccc1. The second-order valence-electron chi connectivity index (χ2n) is 6.34. The average Bonchev–Trinajstić information content (AvgIpc) is 2.58. The van der Waals surface area contributed by atoms with E-state index in [1.54, 1.807) is 48.3 Å². The van der Waals surface area contributed by atoms with Crippen molar-refractivity contribution in [2.75, 3.05) is 0 Å². The maximum absolute atomic E-state index is 12.9. The van der Waals surface area contributed by atoms with Crippen molar-refractivity contribution in [1.29, 1.82) is 0 Å². The lowest BCUT2D eigenvalue weighted by Gasteiger charge is -2.32. The molecule has 2 N–H and O–H groups in total. The quantitative estimate of drug-likeness (QED) is 0.812. The Balaban J connectivity index is 1.94. The molecule has 25 heavy (non-hydrogen) atoms. The number of carbonyl (C=O) groups excluding carboxylic acids is 1. The molecule has 3 rings (SSSR count). The number of nitrogens with one attached hydrogen (secondary N) is 1. The molecule has 0 aliphatic carbocycles.